The van der Waals surface area contributed by atoms with Gasteiger partial charge in [-0.05, 0) is 52.3 Å². The van der Waals surface area contributed by atoms with Crippen molar-refractivity contribution >= 4 is 78.4 Å². The molecule has 3 aromatic rings. The minimum absolute atomic E-state index is 0.110. The van der Waals surface area contributed by atoms with Crippen molar-refractivity contribution in [2.24, 2.45) is 0 Å². The number of halogens is 4. The number of hydrogen-bond donors (Lipinski definition) is 1. The van der Waals surface area contributed by atoms with Crippen LogP contribution in [0.1, 0.15) is 11.1 Å². The second-order valence-electron chi connectivity index (χ2n) is 6.76. The van der Waals surface area contributed by atoms with Gasteiger partial charge in [-0.3, -0.25) is 14.9 Å². The fraction of sp³-hybridized carbons (Fsp3) is 0.0435. The van der Waals surface area contributed by atoms with Crippen molar-refractivity contribution in [2.45, 2.75) is 6.61 Å². The van der Waals surface area contributed by atoms with E-state index in [0.717, 1.165) is 0 Å². The summed E-state index contributed by atoms with van der Waals surface area (Å²) in [5, 5.41) is 24.0. The number of rotatable bonds is 7. The molecule has 0 aliphatic heterocycles. The third kappa shape index (κ3) is 6.58. The maximum absolute atomic E-state index is 12.7. The van der Waals surface area contributed by atoms with E-state index < -0.39 is 10.8 Å². The summed E-state index contributed by atoms with van der Waals surface area (Å²) in [7, 11) is 0. The molecule has 34 heavy (non-hydrogen) atoms. The van der Waals surface area contributed by atoms with E-state index in [1.165, 1.54) is 30.3 Å². The molecule has 0 aliphatic rings. The zero-order valence-electron chi connectivity index (χ0n) is 17.0. The van der Waals surface area contributed by atoms with Gasteiger partial charge in [0.1, 0.15) is 24.0 Å². The highest BCUT2D eigenvalue weighted by Crippen LogP contribution is 2.35. The van der Waals surface area contributed by atoms with Gasteiger partial charge in [-0.25, -0.2) is 0 Å². The third-order valence-corrected chi connectivity index (χ3v) is 6.04. The lowest BCUT2D eigenvalue weighted by Crippen LogP contribution is -2.13. The quantitative estimate of drug-likeness (QED) is 0.126. The average molecular weight is 626 g/mol. The summed E-state index contributed by atoms with van der Waals surface area (Å²) in [4.78, 5) is 23.1. The van der Waals surface area contributed by atoms with Crippen LogP contribution >= 0.6 is 55.1 Å². The molecule has 0 aromatic heterocycles. The van der Waals surface area contributed by atoms with Crippen molar-refractivity contribution in [3.8, 4) is 11.8 Å². The molecule has 0 aliphatic carbocycles. The number of nitriles is 1. The van der Waals surface area contributed by atoms with Crippen molar-refractivity contribution in [1.29, 1.82) is 5.26 Å². The number of carbonyl (C=O) groups excluding carboxylic acids is 1. The second kappa shape index (κ2) is 11.5. The van der Waals surface area contributed by atoms with Crippen LogP contribution in [-0.4, -0.2) is 10.8 Å². The van der Waals surface area contributed by atoms with Gasteiger partial charge in [0, 0.05) is 43.5 Å². The number of nitrogens with zero attached hydrogens (tertiary/aromatic N) is 2. The molecule has 3 rings (SSSR count). The summed E-state index contributed by atoms with van der Waals surface area (Å²) < 4.78 is 7.22. The van der Waals surface area contributed by atoms with Gasteiger partial charge in [-0.15, -0.1) is 0 Å². The number of benzene rings is 3. The molecule has 0 saturated heterocycles. The molecule has 11 heteroatoms. The van der Waals surface area contributed by atoms with Crippen molar-refractivity contribution in [1.82, 2.24) is 0 Å². The number of hydrogen-bond acceptors (Lipinski definition) is 5. The first-order valence-electron chi connectivity index (χ1n) is 9.41. The van der Waals surface area contributed by atoms with Crippen LogP contribution in [0.2, 0.25) is 10.0 Å². The highest BCUT2D eigenvalue weighted by atomic mass is 79.9. The van der Waals surface area contributed by atoms with Gasteiger partial charge < -0.3 is 10.1 Å². The number of nitrogens with one attached hydrogen (secondary N) is 1. The Morgan fingerprint density at radius 2 is 1.94 bits per heavy atom. The molecule has 3 aromatic carbocycles. The standard InChI is InChI=1S/C23H13Br2Cl2N3O4/c24-16-7-14(22(20(25)8-16)34-12-13-4-5-17(26)9-21(13)27)6-15(11-28)23(31)29-18-2-1-3-19(10-18)30(32)33/h1-10H,12H2,(H,29,31)/b15-6+. The molecule has 7 nitrogen and oxygen atoms in total. The van der Waals surface area contributed by atoms with Gasteiger partial charge in [0.05, 0.1) is 9.40 Å². The topological polar surface area (TPSA) is 105 Å². The lowest BCUT2D eigenvalue weighted by atomic mass is 10.1. The summed E-state index contributed by atoms with van der Waals surface area (Å²) in [6.07, 6.45) is 1.36. The number of nitro benzene ring substituents is 1. The van der Waals surface area contributed by atoms with Crippen molar-refractivity contribution in [3.05, 3.63) is 100 Å². The van der Waals surface area contributed by atoms with Gasteiger partial charge >= 0.3 is 0 Å². The number of ether oxygens (including phenoxy) is 1. The Kier molecular flexibility index (Phi) is 8.69. The predicted octanol–water partition coefficient (Wildman–Crippen LogP) is 7.55. The van der Waals surface area contributed by atoms with Gasteiger partial charge in [0.2, 0.25) is 0 Å². The van der Waals surface area contributed by atoms with E-state index in [-0.39, 0.29) is 23.6 Å². The number of anilines is 1. The number of amides is 1. The molecule has 0 saturated carbocycles. The molecule has 0 radical (unpaired) electrons. The first-order chi connectivity index (χ1) is 16.2. The molecular formula is C23H13Br2Cl2N3O4. The van der Waals surface area contributed by atoms with Gasteiger partial charge in [0.25, 0.3) is 11.6 Å². The zero-order valence-corrected chi connectivity index (χ0v) is 21.7. The first kappa shape index (κ1) is 25.7. The maximum Gasteiger partial charge on any atom is 0.271 e. The molecule has 0 heterocycles. The van der Waals surface area contributed by atoms with Crippen LogP contribution in [0.5, 0.6) is 5.75 Å². The van der Waals surface area contributed by atoms with Crippen molar-refractivity contribution in [3.63, 3.8) is 0 Å². The van der Waals surface area contributed by atoms with Crippen LogP contribution in [0.4, 0.5) is 11.4 Å². The molecule has 0 unspecified atom stereocenters. The van der Waals surface area contributed by atoms with Crippen LogP contribution in [-0.2, 0) is 11.4 Å². The summed E-state index contributed by atoms with van der Waals surface area (Å²) in [6.45, 7) is 0.110. The van der Waals surface area contributed by atoms with Crippen LogP contribution in [0, 0.1) is 21.4 Å². The molecule has 0 spiro atoms. The smallest absolute Gasteiger partial charge is 0.271 e. The van der Waals surface area contributed by atoms with E-state index in [0.29, 0.717) is 35.9 Å². The first-order valence-corrected chi connectivity index (χ1v) is 11.8. The van der Waals surface area contributed by atoms with Crippen LogP contribution < -0.4 is 10.1 Å². The number of carbonyl (C=O) groups is 1. The van der Waals surface area contributed by atoms with Gasteiger partial charge in [0.15, 0.2) is 0 Å². The Hall–Kier alpha value is -2.90. The van der Waals surface area contributed by atoms with Crippen molar-refractivity contribution in [2.75, 3.05) is 5.32 Å². The van der Waals surface area contributed by atoms with Crippen molar-refractivity contribution < 1.29 is 14.5 Å². The van der Waals surface area contributed by atoms with E-state index in [1.807, 2.05) is 6.07 Å². The highest BCUT2D eigenvalue weighted by Gasteiger charge is 2.16. The van der Waals surface area contributed by atoms with Gasteiger partial charge in [-0.2, -0.15) is 5.26 Å². The molecule has 1 amide bonds. The lowest BCUT2D eigenvalue weighted by Gasteiger charge is -2.14. The van der Waals surface area contributed by atoms with E-state index in [2.05, 4.69) is 37.2 Å². The largest absolute Gasteiger partial charge is 0.487 e. The fourth-order valence-electron chi connectivity index (χ4n) is 2.83. The second-order valence-corrected chi connectivity index (χ2v) is 9.38. The molecule has 172 valence electrons. The van der Waals surface area contributed by atoms with Gasteiger partial charge in [-0.1, -0.05) is 51.3 Å². The Bertz CT molecular complexity index is 1360. The molecular weight excluding hydrogens is 613 g/mol. The Morgan fingerprint density at radius 1 is 1.18 bits per heavy atom. The summed E-state index contributed by atoms with van der Waals surface area (Å²) in [5.74, 6) is -0.351. The summed E-state index contributed by atoms with van der Waals surface area (Å²) in [6, 6.07) is 15.7. The van der Waals surface area contributed by atoms with Crippen LogP contribution in [0.25, 0.3) is 6.08 Å². The maximum atomic E-state index is 12.7. The zero-order chi connectivity index (χ0) is 24.8. The minimum Gasteiger partial charge on any atom is -0.487 e. The Morgan fingerprint density at radius 3 is 2.62 bits per heavy atom. The average Bonchev–Trinajstić information content (AvgIpc) is 2.77. The van der Waals surface area contributed by atoms with E-state index in [1.54, 1.807) is 30.3 Å². The minimum atomic E-state index is -0.731. The van der Waals surface area contributed by atoms with E-state index in [9.17, 15) is 20.2 Å². The third-order valence-electron chi connectivity index (χ3n) is 4.40. The SMILES string of the molecule is N#C/C(=C\c1cc(Br)cc(Br)c1OCc1ccc(Cl)cc1Cl)C(=O)Nc1cccc([N+](=O)[O-])c1. The lowest BCUT2D eigenvalue weighted by molar-refractivity contribution is -0.384. The summed E-state index contributed by atoms with van der Waals surface area (Å²) in [5.41, 5.74) is 0.903. The van der Waals surface area contributed by atoms with Crippen LogP contribution in [0.3, 0.4) is 0 Å². The number of nitro groups is 1. The summed E-state index contributed by atoms with van der Waals surface area (Å²) >= 11 is 19.0. The van der Waals surface area contributed by atoms with Crippen LogP contribution in [0.15, 0.2) is 69.1 Å². The monoisotopic (exact) mass is 623 g/mol. The fourth-order valence-corrected chi connectivity index (χ4v) is 4.66. The van der Waals surface area contributed by atoms with E-state index >= 15 is 0 Å². The Labute approximate surface area is 221 Å². The predicted molar refractivity (Wildman–Crippen MR) is 138 cm³/mol. The number of non-ortho nitro benzene ring substituents is 1. The molecule has 0 atom stereocenters. The highest BCUT2D eigenvalue weighted by molar-refractivity contribution is 9.11. The molecule has 0 bridgehead atoms. The Balaban J connectivity index is 1.90. The molecule has 0 fully saturated rings. The van der Waals surface area contributed by atoms with E-state index in [4.69, 9.17) is 27.9 Å². The normalized spacial score (nSPS) is 11.0. The molecule has 1 N–H and O–H groups in total.